The molecule has 0 aliphatic heterocycles. The Bertz CT molecular complexity index is 245. The molecular formula is C8H12BrIN2O. The number of halogens is 2. The van der Waals surface area contributed by atoms with E-state index < -0.39 is 0 Å². The largest absolute Gasteiger partial charge is 0.385 e. The zero-order valence-electron chi connectivity index (χ0n) is 7.46. The molecular weight excluding hydrogens is 347 g/mol. The molecule has 1 heterocycles. The van der Waals surface area contributed by atoms with Gasteiger partial charge in [-0.05, 0) is 51.4 Å². The summed E-state index contributed by atoms with van der Waals surface area (Å²) in [6, 6.07) is 0. The van der Waals surface area contributed by atoms with Crippen molar-refractivity contribution in [2.45, 2.75) is 19.4 Å². The van der Waals surface area contributed by atoms with E-state index in [0.29, 0.717) is 0 Å². The zero-order chi connectivity index (χ0) is 9.68. The van der Waals surface area contributed by atoms with Gasteiger partial charge < -0.3 is 4.74 Å². The number of aromatic nitrogens is 2. The topological polar surface area (TPSA) is 27.1 Å². The van der Waals surface area contributed by atoms with Gasteiger partial charge in [0.25, 0.3) is 0 Å². The lowest BCUT2D eigenvalue weighted by molar-refractivity contribution is 0.191. The second kappa shape index (κ2) is 5.98. The average molecular weight is 359 g/mol. The minimum Gasteiger partial charge on any atom is -0.385 e. The van der Waals surface area contributed by atoms with Gasteiger partial charge in [0.05, 0.1) is 4.47 Å². The van der Waals surface area contributed by atoms with E-state index in [2.05, 4.69) is 43.6 Å². The molecule has 0 saturated carbocycles. The third-order valence-electron chi connectivity index (χ3n) is 1.66. The number of hydrogen-bond donors (Lipinski definition) is 0. The van der Waals surface area contributed by atoms with Crippen LogP contribution >= 0.6 is 38.5 Å². The molecule has 5 heteroatoms. The molecule has 0 spiro atoms. The van der Waals surface area contributed by atoms with Gasteiger partial charge in [-0.25, -0.2) is 0 Å². The van der Waals surface area contributed by atoms with Crippen molar-refractivity contribution in [3.63, 3.8) is 0 Å². The maximum atomic E-state index is 4.97. The Morgan fingerprint density at radius 2 is 2.38 bits per heavy atom. The second-order valence-electron chi connectivity index (χ2n) is 2.73. The lowest BCUT2D eigenvalue weighted by atomic mass is 10.3. The van der Waals surface area contributed by atoms with Crippen LogP contribution in [0.2, 0.25) is 0 Å². The van der Waals surface area contributed by atoms with Crippen molar-refractivity contribution in [1.82, 2.24) is 9.78 Å². The maximum absolute atomic E-state index is 4.97. The highest BCUT2D eigenvalue weighted by molar-refractivity contribution is 14.1. The number of ether oxygens (including phenoxy) is 1. The predicted octanol–water partition coefficient (Wildman–Crippen LogP) is 2.68. The smallest absolute Gasteiger partial charge is 0.137 e. The Labute approximate surface area is 100 Å². The van der Waals surface area contributed by atoms with Crippen LogP contribution in [0, 0.1) is 3.70 Å². The van der Waals surface area contributed by atoms with E-state index in [-0.39, 0.29) is 0 Å². The summed E-state index contributed by atoms with van der Waals surface area (Å²) in [5.74, 6) is 0. The van der Waals surface area contributed by atoms with Crippen molar-refractivity contribution in [2.75, 3.05) is 13.7 Å². The summed E-state index contributed by atoms with van der Waals surface area (Å²) in [5.41, 5.74) is 0. The van der Waals surface area contributed by atoms with Crippen LogP contribution < -0.4 is 0 Å². The monoisotopic (exact) mass is 358 g/mol. The van der Waals surface area contributed by atoms with Crippen LogP contribution in [0.25, 0.3) is 0 Å². The first-order valence-corrected chi connectivity index (χ1v) is 5.98. The number of aryl methyl sites for hydroxylation is 1. The van der Waals surface area contributed by atoms with Crippen LogP contribution in [0.5, 0.6) is 0 Å². The number of rotatable bonds is 5. The second-order valence-corrected chi connectivity index (χ2v) is 4.61. The Kier molecular flexibility index (Phi) is 5.27. The molecule has 0 N–H and O–H groups in total. The van der Waals surface area contributed by atoms with E-state index in [1.165, 1.54) is 0 Å². The van der Waals surface area contributed by atoms with Crippen LogP contribution in [-0.4, -0.2) is 23.5 Å². The highest BCUT2D eigenvalue weighted by atomic mass is 127. The molecule has 0 aromatic carbocycles. The minimum atomic E-state index is 0.833. The summed E-state index contributed by atoms with van der Waals surface area (Å²) in [7, 11) is 1.73. The van der Waals surface area contributed by atoms with Crippen molar-refractivity contribution in [3.05, 3.63) is 14.4 Å². The van der Waals surface area contributed by atoms with Gasteiger partial charge in [0, 0.05) is 26.5 Å². The van der Waals surface area contributed by atoms with Gasteiger partial charge in [-0.3, -0.25) is 4.68 Å². The summed E-state index contributed by atoms with van der Waals surface area (Å²) in [6.07, 6.45) is 4.21. The molecule has 0 amide bonds. The van der Waals surface area contributed by atoms with Crippen molar-refractivity contribution in [1.29, 1.82) is 0 Å². The number of unbranched alkanes of at least 4 members (excludes halogenated alkanes) is 1. The summed E-state index contributed by atoms with van der Waals surface area (Å²) in [4.78, 5) is 0. The fourth-order valence-electron chi connectivity index (χ4n) is 1.01. The SMILES string of the molecule is COCCCCn1cc(Br)c(I)n1. The molecule has 1 rings (SSSR count). The maximum Gasteiger partial charge on any atom is 0.137 e. The average Bonchev–Trinajstić information content (AvgIpc) is 2.41. The van der Waals surface area contributed by atoms with Crippen LogP contribution in [0.4, 0.5) is 0 Å². The molecule has 0 saturated heterocycles. The molecule has 1 aromatic heterocycles. The van der Waals surface area contributed by atoms with Crippen LogP contribution in [0.15, 0.2) is 10.7 Å². The molecule has 0 fully saturated rings. The van der Waals surface area contributed by atoms with Crippen molar-refractivity contribution in [3.8, 4) is 0 Å². The lowest BCUT2D eigenvalue weighted by Gasteiger charge is -2.00. The van der Waals surface area contributed by atoms with Gasteiger partial charge in [0.2, 0.25) is 0 Å². The van der Waals surface area contributed by atoms with Gasteiger partial charge in [-0.15, -0.1) is 0 Å². The number of nitrogens with zero attached hydrogens (tertiary/aromatic N) is 2. The quantitative estimate of drug-likeness (QED) is 0.597. The Hall–Kier alpha value is 0.380. The molecule has 3 nitrogen and oxygen atoms in total. The normalized spacial score (nSPS) is 10.7. The summed E-state index contributed by atoms with van der Waals surface area (Å²) in [5, 5.41) is 4.32. The van der Waals surface area contributed by atoms with E-state index >= 15 is 0 Å². The van der Waals surface area contributed by atoms with Crippen LogP contribution in [0.1, 0.15) is 12.8 Å². The first-order valence-electron chi connectivity index (χ1n) is 4.11. The molecule has 0 atom stereocenters. The van der Waals surface area contributed by atoms with Crippen LogP contribution in [0.3, 0.4) is 0 Å². The number of hydrogen-bond acceptors (Lipinski definition) is 2. The molecule has 0 radical (unpaired) electrons. The molecule has 0 unspecified atom stereocenters. The molecule has 1 aromatic rings. The van der Waals surface area contributed by atoms with Gasteiger partial charge in [-0.1, -0.05) is 0 Å². The highest BCUT2D eigenvalue weighted by Gasteiger charge is 2.01. The van der Waals surface area contributed by atoms with E-state index in [4.69, 9.17) is 4.74 Å². The fourth-order valence-corrected chi connectivity index (χ4v) is 1.74. The highest BCUT2D eigenvalue weighted by Crippen LogP contribution is 2.16. The predicted molar refractivity (Wildman–Crippen MR) is 63.8 cm³/mol. The Morgan fingerprint density at radius 1 is 1.62 bits per heavy atom. The Balaban J connectivity index is 2.29. The fraction of sp³-hybridized carbons (Fsp3) is 0.625. The summed E-state index contributed by atoms with van der Waals surface area (Å²) < 4.78 is 9.02. The first-order chi connectivity index (χ1) is 6.24. The lowest BCUT2D eigenvalue weighted by Crippen LogP contribution is -2.00. The standard InChI is InChI=1S/C8H12BrIN2O/c1-13-5-3-2-4-12-6-7(9)8(10)11-12/h6H,2-5H2,1H3. The van der Waals surface area contributed by atoms with Gasteiger partial charge >= 0.3 is 0 Å². The van der Waals surface area contributed by atoms with Crippen molar-refractivity contribution < 1.29 is 4.74 Å². The summed E-state index contributed by atoms with van der Waals surface area (Å²) in [6.45, 7) is 1.80. The molecule has 0 aliphatic rings. The van der Waals surface area contributed by atoms with Gasteiger partial charge in [0.15, 0.2) is 0 Å². The van der Waals surface area contributed by atoms with Crippen molar-refractivity contribution >= 4 is 38.5 Å². The van der Waals surface area contributed by atoms with E-state index in [1.54, 1.807) is 7.11 Å². The van der Waals surface area contributed by atoms with E-state index in [9.17, 15) is 0 Å². The third-order valence-corrected chi connectivity index (χ3v) is 3.78. The van der Waals surface area contributed by atoms with E-state index in [0.717, 1.165) is 34.2 Å². The van der Waals surface area contributed by atoms with Gasteiger partial charge in [-0.2, -0.15) is 5.10 Å². The summed E-state index contributed by atoms with van der Waals surface area (Å²) >= 11 is 5.63. The molecule has 0 bridgehead atoms. The Morgan fingerprint density at radius 3 is 2.92 bits per heavy atom. The zero-order valence-corrected chi connectivity index (χ0v) is 11.2. The minimum absolute atomic E-state index is 0.833. The molecule has 74 valence electrons. The molecule has 0 aliphatic carbocycles. The van der Waals surface area contributed by atoms with Crippen LogP contribution in [-0.2, 0) is 11.3 Å². The first kappa shape index (κ1) is 11.5. The van der Waals surface area contributed by atoms with E-state index in [1.807, 2.05) is 10.9 Å². The third kappa shape index (κ3) is 3.95. The number of methoxy groups -OCH3 is 1. The molecule has 13 heavy (non-hydrogen) atoms. The van der Waals surface area contributed by atoms with Gasteiger partial charge in [0.1, 0.15) is 3.70 Å². The van der Waals surface area contributed by atoms with Crippen molar-refractivity contribution in [2.24, 2.45) is 0 Å².